The molecule has 0 aliphatic heterocycles. The number of aromatic nitrogens is 3. The topological polar surface area (TPSA) is 84.7 Å². The third-order valence-corrected chi connectivity index (χ3v) is 3.65. The van der Waals surface area contributed by atoms with E-state index in [1.807, 2.05) is 17.5 Å². The number of aromatic amines is 1. The molecule has 0 unspecified atom stereocenters. The average molecular weight is 258 g/mol. The molecular formula is C12H10N4OS. The minimum Gasteiger partial charge on any atom is -0.369 e. The Balaban J connectivity index is 2.11. The summed E-state index contributed by atoms with van der Waals surface area (Å²) in [6.07, 6.45) is 4.24. The number of nitrogen functional groups attached to an aromatic ring is 1. The molecule has 3 aromatic rings. The van der Waals surface area contributed by atoms with Crippen LogP contribution in [0.15, 0.2) is 34.7 Å². The lowest BCUT2D eigenvalue weighted by molar-refractivity contribution is 1.14. The highest BCUT2D eigenvalue weighted by Gasteiger charge is 2.10. The molecule has 0 amide bonds. The second-order valence-electron chi connectivity index (χ2n) is 3.93. The Morgan fingerprint density at radius 2 is 2.33 bits per heavy atom. The number of rotatable bonds is 2. The number of thiophene rings is 1. The predicted molar refractivity (Wildman–Crippen MR) is 71.7 cm³/mol. The van der Waals surface area contributed by atoms with Crippen LogP contribution in [-0.2, 0) is 6.42 Å². The van der Waals surface area contributed by atoms with E-state index >= 15 is 0 Å². The molecule has 5 nitrogen and oxygen atoms in total. The fraction of sp³-hybridized carbons (Fsp3) is 0.0833. The lowest BCUT2D eigenvalue weighted by atomic mass is 10.1. The van der Waals surface area contributed by atoms with Crippen molar-refractivity contribution in [1.82, 2.24) is 15.0 Å². The van der Waals surface area contributed by atoms with Gasteiger partial charge in [0.15, 0.2) is 0 Å². The van der Waals surface area contributed by atoms with Crippen molar-refractivity contribution in [1.29, 1.82) is 0 Å². The van der Waals surface area contributed by atoms with Crippen LogP contribution in [0.2, 0.25) is 0 Å². The third-order valence-electron chi connectivity index (χ3n) is 2.64. The highest BCUT2D eigenvalue weighted by Crippen LogP contribution is 2.23. The van der Waals surface area contributed by atoms with E-state index in [0.29, 0.717) is 16.6 Å². The molecule has 0 saturated carbocycles. The molecule has 0 fully saturated rings. The molecule has 0 saturated heterocycles. The van der Waals surface area contributed by atoms with Crippen LogP contribution in [0.5, 0.6) is 0 Å². The number of anilines is 1. The number of H-pyrrole nitrogens is 1. The summed E-state index contributed by atoms with van der Waals surface area (Å²) in [4.78, 5) is 22.5. The molecule has 0 aromatic carbocycles. The summed E-state index contributed by atoms with van der Waals surface area (Å²) in [5, 5.41) is 1.94. The van der Waals surface area contributed by atoms with Gasteiger partial charge in [0.2, 0.25) is 5.95 Å². The van der Waals surface area contributed by atoms with Gasteiger partial charge in [0.25, 0.3) is 5.56 Å². The maximum absolute atomic E-state index is 11.7. The van der Waals surface area contributed by atoms with Crippen molar-refractivity contribution in [3.8, 4) is 0 Å². The molecule has 3 aromatic heterocycles. The summed E-state index contributed by atoms with van der Waals surface area (Å²) < 4.78 is 0.614. The molecule has 0 atom stereocenters. The molecule has 90 valence electrons. The molecule has 0 aliphatic rings. The third kappa shape index (κ3) is 1.86. The van der Waals surface area contributed by atoms with E-state index in [-0.39, 0.29) is 11.5 Å². The van der Waals surface area contributed by atoms with Crippen LogP contribution in [-0.4, -0.2) is 15.0 Å². The number of pyridine rings is 1. The quantitative estimate of drug-likeness (QED) is 0.730. The predicted octanol–water partition coefficient (Wildman–Crippen LogP) is 1.55. The van der Waals surface area contributed by atoms with E-state index in [2.05, 4.69) is 15.0 Å². The summed E-state index contributed by atoms with van der Waals surface area (Å²) in [6, 6.07) is 3.88. The minimum absolute atomic E-state index is 0.151. The summed E-state index contributed by atoms with van der Waals surface area (Å²) in [5.74, 6) is 0.151. The van der Waals surface area contributed by atoms with E-state index < -0.39 is 0 Å². The second-order valence-corrected chi connectivity index (χ2v) is 4.81. The average Bonchev–Trinajstić information content (AvgIpc) is 2.74. The van der Waals surface area contributed by atoms with E-state index in [4.69, 9.17) is 5.73 Å². The maximum atomic E-state index is 11.7. The monoisotopic (exact) mass is 258 g/mol. The second kappa shape index (κ2) is 4.23. The van der Waals surface area contributed by atoms with Crippen LogP contribution in [0.25, 0.3) is 10.2 Å². The van der Waals surface area contributed by atoms with Gasteiger partial charge >= 0.3 is 0 Å². The summed E-state index contributed by atoms with van der Waals surface area (Å²) in [5.41, 5.74) is 8.16. The molecule has 3 N–H and O–H groups in total. The van der Waals surface area contributed by atoms with Gasteiger partial charge < -0.3 is 5.73 Å². The number of hydrogen-bond acceptors (Lipinski definition) is 5. The minimum atomic E-state index is -0.181. The number of nitrogens with one attached hydrogen (secondary N) is 1. The van der Waals surface area contributed by atoms with Crippen molar-refractivity contribution < 1.29 is 0 Å². The van der Waals surface area contributed by atoms with Gasteiger partial charge in [-0.05, 0) is 22.6 Å². The number of nitrogens with two attached hydrogens (primary N) is 1. The van der Waals surface area contributed by atoms with Crippen molar-refractivity contribution in [2.75, 3.05) is 5.73 Å². The van der Waals surface area contributed by atoms with Gasteiger partial charge in [-0.1, -0.05) is 6.07 Å². The fourth-order valence-electron chi connectivity index (χ4n) is 1.84. The lowest BCUT2D eigenvalue weighted by Gasteiger charge is -1.99. The highest BCUT2D eigenvalue weighted by molar-refractivity contribution is 7.17. The van der Waals surface area contributed by atoms with E-state index in [1.54, 1.807) is 12.4 Å². The van der Waals surface area contributed by atoms with Gasteiger partial charge in [-0.15, -0.1) is 11.3 Å². The number of hydrogen-bond donors (Lipinski definition) is 2. The van der Waals surface area contributed by atoms with Crippen molar-refractivity contribution >= 4 is 27.5 Å². The van der Waals surface area contributed by atoms with Crippen LogP contribution in [0, 0.1) is 0 Å². The van der Waals surface area contributed by atoms with Crippen LogP contribution < -0.4 is 11.3 Å². The zero-order chi connectivity index (χ0) is 12.5. The zero-order valence-electron chi connectivity index (χ0n) is 9.38. The van der Waals surface area contributed by atoms with Crippen molar-refractivity contribution in [2.45, 2.75) is 6.42 Å². The van der Waals surface area contributed by atoms with Gasteiger partial charge in [0, 0.05) is 18.8 Å². The molecule has 0 spiro atoms. The molecule has 18 heavy (non-hydrogen) atoms. The van der Waals surface area contributed by atoms with E-state index in [9.17, 15) is 4.79 Å². The Morgan fingerprint density at radius 3 is 3.11 bits per heavy atom. The first-order chi connectivity index (χ1) is 8.74. The molecule has 0 aliphatic carbocycles. The van der Waals surface area contributed by atoms with Gasteiger partial charge in [0.1, 0.15) is 4.70 Å². The van der Waals surface area contributed by atoms with Gasteiger partial charge in [0.05, 0.1) is 5.52 Å². The first-order valence-corrected chi connectivity index (χ1v) is 6.27. The Morgan fingerprint density at radius 1 is 1.44 bits per heavy atom. The Bertz CT molecular complexity index is 748. The Hall–Kier alpha value is -2.21. The molecule has 0 bridgehead atoms. The van der Waals surface area contributed by atoms with Crippen LogP contribution >= 0.6 is 11.3 Å². The Labute approximate surface area is 106 Å². The molecule has 0 radical (unpaired) electrons. The Kier molecular flexibility index (Phi) is 2.56. The number of nitrogens with zero attached hydrogens (tertiary/aromatic N) is 2. The first-order valence-electron chi connectivity index (χ1n) is 5.39. The lowest BCUT2D eigenvalue weighted by Crippen LogP contribution is -2.09. The summed E-state index contributed by atoms with van der Waals surface area (Å²) >= 11 is 1.39. The zero-order valence-corrected chi connectivity index (χ0v) is 10.2. The van der Waals surface area contributed by atoms with Crippen molar-refractivity contribution in [3.05, 3.63) is 51.4 Å². The van der Waals surface area contributed by atoms with Crippen LogP contribution in [0.4, 0.5) is 5.95 Å². The van der Waals surface area contributed by atoms with E-state index in [0.717, 1.165) is 11.1 Å². The normalized spacial score (nSPS) is 10.9. The molecule has 3 rings (SSSR count). The largest absolute Gasteiger partial charge is 0.369 e. The van der Waals surface area contributed by atoms with E-state index in [1.165, 1.54) is 11.3 Å². The summed E-state index contributed by atoms with van der Waals surface area (Å²) in [6.45, 7) is 0. The van der Waals surface area contributed by atoms with Crippen LogP contribution in [0.1, 0.15) is 11.1 Å². The smallest absolute Gasteiger partial charge is 0.270 e. The standard InChI is InChI=1S/C12H10N4OS/c13-12-15-9-8(4-7-2-1-3-14-5-7)6-18-10(9)11(17)16-12/h1-3,5-6H,4H2,(H3,13,15,16,17). The van der Waals surface area contributed by atoms with Gasteiger partial charge in [-0.25, -0.2) is 4.98 Å². The molecular weight excluding hydrogens is 248 g/mol. The highest BCUT2D eigenvalue weighted by atomic mass is 32.1. The molecule has 6 heteroatoms. The SMILES string of the molecule is Nc1nc2c(Cc3cccnc3)csc2c(=O)[nH]1. The molecule has 3 heterocycles. The van der Waals surface area contributed by atoms with Crippen molar-refractivity contribution in [3.63, 3.8) is 0 Å². The first kappa shape index (κ1) is 10.9. The number of fused-ring (bicyclic) bond motifs is 1. The maximum Gasteiger partial charge on any atom is 0.270 e. The summed E-state index contributed by atoms with van der Waals surface area (Å²) in [7, 11) is 0. The van der Waals surface area contributed by atoms with Crippen LogP contribution in [0.3, 0.4) is 0 Å². The fourth-order valence-corrected chi connectivity index (χ4v) is 2.74. The van der Waals surface area contributed by atoms with Gasteiger partial charge in [-0.3, -0.25) is 14.8 Å². The van der Waals surface area contributed by atoms with Crippen molar-refractivity contribution in [2.24, 2.45) is 0 Å². The van der Waals surface area contributed by atoms with Gasteiger partial charge in [-0.2, -0.15) is 0 Å².